The van der Waals surface area contributed by atoms with Crippen molar-refractivity contribution in [3.05, 3.63) is 53.4 Å². The molecule has 0 radical (unpaired) electrons. The molecule has 0 aliphatic heterocycles. The summed E-state index contributed by atoms with van der Waals surface area (Å²) in [6.45, 7) is 0. The average molecular weight is 296 g/mol. The highest BCUT2D eigenvalue weighted by molar-refractivity contribution is 7.80. The molecule has 0 bridgehead atoms. The lowest BCUT2D eigenvalue weighted by atomic mass is 10.3. The highest BCUT2D eigenvalue weighted by Crippen LogP contribution is 2.12. The van der Waals surface area contributed by atoms with Gasteiger partial charge in [0, 0.05) is 10.7 Å². The third kappa shape index (κ3) is 3.97. The zero-order chi connectivity index (χ0) is 13.7. The fraction of sp³-hybridized carbons (Fsp3) is 0. The molecule has 0 aliphatic rings. The van der Waals surface area contributed by atoms with E-state index in [-0.39, 0.29) is 10.9 Å². The Morgan fingerprint density at radius 1 is 1.16 bits per heavy atom. The van der Waals surface area contributed by atoms with Gasteiger partial charge in [-0.15, -0.1) is 0 Å². The van der Waals surface area contributed by atoms with E-state index in [0.717, 1.165) is 5.69 Å². The van der Waals surface area contributed by atoms with Gasteiger partial charge >= 0.3 is 5.91 Å². The number of hydrazine groups is 1. The zero-order valence-corrected chi connectivity index (χ0v) is 11.2. The van der Waals surface area contributed by atoms with Gasteiger partial charge in [-0.05, 0) is 48.6 Å². The van der Waals surface area contributed by atoms with E-state index in [1.165, 1.54) is 6.26 Å². The molecule has 0 saturated carbocycles. The van der Waals surface area contributed by atoms with Crippen LogP contribution < -0.4 is 16.2 Å². The number of nitrogens with one attached hydrogen (secondary N) is 3. The van der Waals surface area contributed by atoms with Gasteiger partial charge in [-0.25, -0.2) is 0 Å². The summed E-state index contributed by atoms with van der Waals surface area (Å²) in [4.78, 5) is 11.5. The van der Waals surface area contributed by atoms with E-state index >= 15 is 0 Å². The van der Waals surface area contributed by atoms with Gasteiger partial charge in [0.05, 0.1) is 6.26 Å². The third-order valence-corrected chi connectivity index (χ3v) is 2.59. The number of carbonyl (C=O) groups excluding carboxylic acids is 1. The van der Waals surface area contributed by atoms with Crippen molar-refractivity contribution in [3.8, 4) is 0 Å². The first-order chi connectivity index (χ1) is 9.15. The number of anilines is 1. The highest BCUT2D eigenvalue weighted by atomic mass is 35.5. The molecule has 0 atom stereocenters. The topological polar surface area (TPSA) is 66.3 Å². The van der Waals surface area contributed by atoms with Gasteiger partial charge in [0.15, 0.2) is 10.9 Å². The van der Waals surface area contributed by atoms with Gasteiger partial charge in [0.25, 0.3) is 0 Å². The largest absolute Gasteiger partial charge is 0.459 e. The van der Waals surface area contributed by atoms with Crippen molar-refractivity contribution in [2.75, 3.05) is 5.32 Å². The van der Waals surface area contributed by atoms with Crippen molar-refractivity contribution in [2.24, 2.45) is 0 Å². The predicted molar refractivity (Wildman–Crippen MR) is 77.0 cm³/mol. The second-order valence-corrected chi connectivity index (χ2v) is 4.36. The fourth-order valence-electron chi connectivity index (χ4n) is 1.28. The molecule has 0 fully saturated rings. The Bertz CT molecular complexity index is 569. The van der Waals surface area contributed by atoms with Crippen LogP contribution >= 0.6 is 23.8 Å². The maximum atomic E-state index is 11.5. The molecule has 19 heavy (non-hydrogen) atoms. The first kappa shape index (κ1) is 13.4. The Labute approximate surface area is 119 Å². The summed E-state index contributed by atoms with van der Waals surface area (Å²) in [7, 11) is 0. The molecule has 2 aromatic rings. The molecular weight excluding hydrogens is 286 g/mol. The van der Waals surface area contributed by atoms with Crippen LogP contribution in [0.4, 0.5) is 5.69 Å². The van der Waals surface area contributed by atoms with Crippen LogP contribution in [0.2, 0.25) is 5.02 Å². The molecule has 1 amide bonds. The maximum absolute atomic E-state index is 11.5. The summed E-state index contributed by atoms with van der Waals surface area (Å²) >= 11 is 10.8. The van der Waals surface area contributed by atoms with E-state index in [4.69, 9.17) is 28.2 Å². The van der Waals surface area contributed by atoms with Crippen LogP contribution in [0.1, 0.15) is 10.6 Å². The van der Waals surface area contributed by atoms with E-state index < -0.39 is 5.91 Å². The van der Waals surface area contributed by atoms with Crippen LogP contribution in [0.15, 0.2) is 47.1 Å². The highest BCUT2D eigenvalue weighted by Gasteiger charge is 2.07. The van der Waals surface area contributed by atoms with E-state index in [1.54, 1.807) is 36.4 Å². The quantitative estimate of drug-likeness (QED) is 0.587. The van der Waals surface area contributed by atoms with Gasteiger partial charge in [-0.3, -0.25) is 15.6 Å². The Kier molecular flexibility index (Phi) is 4.38. The number of furan rings is 1. The Morgan fingerprint density at radius 2 is 1.89 bits per heavy atom. The van der Waals surface area contributed by atoms with Crippen molar-refractivity contribution in [3.63, 3.8) is 0 Å². The second-order valence-electron chi connectivity index (χ2n) is 3.52. The first-order valence-electron chi connectivity index (χ1n) is 5.31. The van der Waals surface area contributed by atoms with Gasteiger partial charge in [-0.1, -0.05) is 11.6 Å². The van der Waals surface area contributed by atoms with Crippen LogP contribution in [0.25, 0.3) is 0 Å². The lowest BCUT2D eigenvalue weighted by Gasteiger charge is -2.10. The Hall–Kier alpha value is -2.05. The smallest absolute Gasteiger partial charge is 0.305 e. The molecule has 0 spiro atoms. The average Bonchev–Trinajstić information content (AvgIpc) is 2.93. The maximum Gasteiger partial charge on any atom is 0.305 e. The Morgan fingerprint density at radius 3 is 2.53 bits per heavy atom. The molecule has 3 N–H and O–H groups in total. The lowest BCUT2D eigenvalue weighted by molar-refractivity contribution is 0.0916. The summed E-state index contributed by atoms with van der Waals surface area (Å²) in [5.41, 5.74) is 5.72. The number of thiocarbonyl (C=S) groups is 1. The van der Waals surface area contributed by atoms with Gasteiger partial charge in [0.2, 0.25) is 0 Å². The molecule has 0 aliphatic carbocycles. The number of amides is 1. The monoisotopic (exact) mass is 295 g/mol. The molecule has 0 unspecified atom stereocenters. The standard InChI is InChI=1S/C12H10ClN3O2S/c13-8-3-5-9(6-4-8)14-12(19)16-15-11(17)10-2-1-7-18-10/h1-7H,(H,15,17)(H2,14,16,19). The fourth-order valence-corrected chi connectivity index (χ4v) is 1.57. The number of halogens is 1. The summed E-state index contributed by atoms with van der Waals surface area (Å²) in [5.74, 6) is -0.216. The van der Waals surface area contributed by atoms with E-state index in [1.807, 2.05) is 0 Å². The van der Waals surface area contributed by atoms with Crippen LogP contribution in [-0.2, 0) is 0 Å². The molecule has 2 rings (SSSR count). The minimum Gasteiger partial charge on any atom is -0.459 e. The SMILES string of the molecule is O=C(NNC(=S)Nc1ccc(Cl)cc1)c1ccco1. The number of hydrogen-bond donors (Lipinski definition) is 3. The molecule has 1 heterocycles. The molecule has 98 valence electrons. The van der Waals surface area contributed by atoms with E-state index in [9.17, 15) is 4.79 Å². The van der Waals surface area contributed by atoms with Crippen LogP contribution in [0.5, 0.6) is 0 Å². The molecular formula is C12H10ClN3O2S. The first-order valence-corrected chi connectivity index (χ1v) is 6.10. The summed E-state index contributed by atoms with van der Waals surface area (Å²) in [5, 5.41) is 3.77. The number of benzene rings is 1. The van der Waals surface area contributed by atoms with Crippen molar-refractivity contribution in [1.29, 1.82) is 0 Å². The summed E-state index contributed by atoms with van der Waals surface area (Å²) < 4.78 is 4.93. The number of carbonyl (C=O) groups is 1. The van der Waals surface area contributed by atoms with Crippen molar-refractivity contribution in [1.82, 2.24) is 10.9 Å². The number of hydrogen-bond acceptors (Lipinski definition) is 3. The number of rotatable bonds is 2. The van der Waals surface area contributed by atoms with E-state index in [0.29, 0.717) is 5.02 Å². The van der Waals surface area contributed by atoms with Crippen LogP contribution in [-0.4, -0.2) is 11.0 Å². The normalized spacial score (nSPS) is 9.74. The molecule has 0 saturated heterocycles. The van der Waals surface area contributed by atoms with Crippen molar-refractivity contribution in [2.45, 2.75) is 0 Å². The molecule has 1 aromatic heterocycles. The summed E-state index contributed by atoms with van der Waals surface area (Å²) in [6, 6.07) is 10.2. The van der Waals surface area contributed by atoms with Gasteiger partial charge in [0.1, 0.15) is 0 Å². The van der Waals surface area contributed by atoms with E-state index in [2.05, 4.69) is 16.2 Å². The van der Waals surface area contributed by atoms with Crippen molar-refractivity contribution < 1.29 is 9.21 Å². The zero-order valence-electron chi connectivity index (χ0n) is 9.64. The minimum absolute atomic E-state index is 0.196. The predicted octanol–water partition coefficient (Wildman–Crippen LogP) is 2.56. The van der Waals surface area contributed by atoms with Gasteiger partial charge < -0.3 is 9.73 Å². The second kappa shape index (κ2) is 6.21. The molecule has 1 aromatic carbocycles. The third-order valence-electron chi connectivity index (χ3n) is 2.14. The van der Waals surface area contributed by atoms with Crippen LogP contribution in [0.3, 0.4) is 0 Å². The lowest BCUT2D eigenvalue weighted by Crippen LogP contribution is -2.43. The van der Waals surface area contributed by atoms with Crippen molar-refractivity contribution >= 4 is 40.5 Å². The minimum atomic E-state index is -0.412. The van der Waals surface area contributed by atoms with Crippen LogP contribution in [0, 0.1) is 0 Å². The van der Waals surface area contributed by atoms with Gasteiger partial charge in [-0.2, -0.15) is 0 Å². The molecule has 7 heteroatoms. The molecule has 5 nitrogen and oxygen atoms in total. The Balaban J connectivity index is 1.82. The summed E-state index contributed by atoms with van der Waals surface area (Å²) in [6.07, 6.45) is 1.42.